The molecule has 1 aromatic heterocycles. The normalized spacial score (nSPS) is 20.5. The van der Waals surface area contributed by atoms with E-state index in [2.05, 4.69) is 0 Å². The molecule has 3 atom stereocenters. The zero-order chi connectivity index (χ0) is 28.1. The third-order valence-electron chi connectivity index (χ3n) is 6.57. The van der Waals surface area contributed by atoms with Gasteiger partial charge in [0.15, 0.2) is 0 Å². The van der Waals surface area contributed by atoms with Crippen LogP contribution in [0.25, 0.3) is 0 Å². The summed E-state index contributed by atoms with van der Waals surface area (Å²) >= 11 is 1.74. The van der Waals surface area contributed by atoms with E-state index >= 15 is 0 Å². The molecular formula is C26H21F3N2O6S2. The molecule has 2 amide bonds. The van der Waals surface area contributed by atoms with Gasteiger partial charge >= 0.3 is 17.0 Å². The number of carbonyl (C=O) groups is 3. The largest absolute Gasteiger partial charge is 0.497 e. The molecule has 13 heteroatoms. The Morgan fingerprint density at radius 1 is 1.03 bits per heavy atom. The summed E-state index contributed by atoms with van der Waals surface area (Å²) < 4.78 is 52.9. The van der Waals surface area contributed by atoms with Crippen molar-refractivity contribution in [1.29, 1.82) is 0 Å². The lowest BCUT2D eigenvalue weighted by Gasteiger charge is -2.30. The number of esters is 1. The molecule has 2 aliphatic heterocycles. The number of benzene rings is 2. The Bertz CT molecular complexity index is 1520. The molecule has 39 heavy (non-hydrogen) atoms. The molecule has 2 aromatic carbocycles. The highest BCUT2D eigenvalue weighted by molar-refractivity contribution is 8.00. The van der Waals surface area contributed by atoms with Gasteiger partial charge in [-0.15, -0.1) is 0 Å². The van der Waals surface area contributed by atoms with Gasteiger partial charge in [0, 0.05) is 10.8 Å². The molecule has 0 bridgehead atoms. The summed E-state index contributed by atoms with van der Waals surface area (Å²) in [5.41, 5.74) is -1.08. The zero-order valence-electron chi connectivity index (χ0n) is 20.6. The van der Waals surface area contributed by atoms with E-state index in [9.17, 15) is 32.3 Å². The Hall–Kier alpha value is -3.58. The van der Waals surface area contributed by atoms with E-state index in [0.29, 0.717) is 26.1 Å². The molecule has 204 valence electrons. The number of halogens is 3. The van der Waals surface area contributed by atoms with Crippen LogP contribution in [0, 0.1) is 5.92 Å². The van der Waals surface area contributed by atoms with Crippen molar-refractivity contribution in [2.75, 3.05) is 18.6 Å². The maximum atomic E-state index is 13.8. The molecule has 1 saturated heterocycles. The topological polar surface area (TPSA) is 94.9 Å². The minimum Gasteiger partial charge on any atom is -0.497 e. The van der Waals surface area contributed by atoms with E-state index in [4.69, 9.17) is 9.47 Å². The van der Waals surface area contributed by atoms with Gasteiger partial charge in [-0.05, 0) is 36.8 Å². The van der Waals surface area contributed by atoms with Gasteiger partial charge in [0.05, 0.1) is 35.9 Å². The third-order valence-corrected chi connectivity index (χ3v) is 9.17. The van der Waals surface area contributed by atoms with E-state index in [1.165, 1.54) is 23.8 Å². The quantitative estimate of drug-likeness (QED) is 0.318. The number of fused-ring (bicyclic) bond motifs is 2. The number of rotatable bonds is 6. The predicted molar refractivity (Wildman–Crippen MR) is 137 cm³/mol. The summed E-state index contributed by atoms with van der Waals surface area (Å²) in [4.78, 5) is 53.3. The van der Waals surface area contributed by atoms with Crippen LogP contribution in [0.15, 0.2) is 58.4 Å². The van der Waals surface area contributed by atoms with Gasteiger partial charge in [0.25, 0.3) is 0 Å². The summed E-state index contributed by atoms with van der Waals surface area (Å²) in [6.07, 6.45) is -4.80. The van der Waals surface area contributed by atoms with Crippen LogP contribution < -0.4 is 14.5 Å². The number of carbonyl (C=O) groups excluding carboxylic acids is 3. The average molecular weight is 579 g/mol. The monoisotopic (exact) mass is 578 g/mol. The van der Waals surface area contributed by atoms with Crippen molar-refractivity contribution >= 4 is 46.6 Å². The number of thiazole rings is 1. The van der Waals surface area contributed by atoms with Gasteiger partial charge in [-0.1, -0.05) is 47.4 Å². The maximum Gasteiger partial charge on any atom is 0.418 e. The number of anilines is 1. The molecule has 0 unspecified atom stereocenters. The number of amides is 2. The van der Waals surface area contributed by atoms with Gasteiger partial charge in [-0.2, -0.15) is 13.2 Å². The maximum absolute atomic E-state index is 13.8. The first kappa shape index (κ1) is 27.0. The second kappa shape index (κ2) is 10.2. The highest BCUT2D eigenvalue weighted by Gasteiger charge is 2.57. The first-order chi connectivity index (χ1) is 18.6. The minimum absolute atomic E-state index is 0.104. The van der Waals surface area contributed by atoms with Crippen LogP contribution in [0.2, 0.25) is 0 Å². The molecule has 8 nitrogen and oxygen atoms in total. The number of hydrogen-bond donors (Lipinski definition) is 0. The van der Waals surface area contributed by atoms with E-state index in [1.807, 2.05) is 0 Å². The number of ether oxygens (including phenoxy) is 2. The van der Waals surface area contributed by atoms with Crippen molar-refractivity contribution in [2.24, 2.45) is 5.92 Å². The van der Waals surface area contributed by atoms with E-state index < -0.39 is 63.7 Å². The van der Waals surface area contributed by atoms with Crippen LogP contribution >= 0.6 is 23.1 Å². The molecule has 0 spiro atoms. The van der Waals surface area contributed by atoms with Crippen molar-refractivity contribution in [3.63, 3.8) is 0 Å². The molecule has 0 N–H and O–H groups in total. The Balaban J connectivity index is 1.66. The molecule has 0 aliphatic carbocycles. The van der Waals surface area contributed by atoms with Gasteiger partial charge in [-0.25, -0.2) is 4.90 Å². The molecule has 5 rings (SSSR count). The predicted octanol–water partition coefficient (Wildman–Crippen LogP) is 4.30. The molecule has 2 aliphatic rings. The van der Waals surface area contributed by atoms with Crippen LogP contribution in [0.4, 0.5) is 18.9 Å². The second-order valence-corrected chi connectivity index (χ2v) is 10.9. The van der Waals surface area contributed by atoms with Crippen LogP contribution in [-0.4, -0.2) is 41.3 Å². The fraction of sp³-hybridized carbons (Fsp3) is 0.308. The van der Waals surface area contributed by atoms with Gasteiger partial charge < -0.3 is 9.47 Å². The number of thioether (sulfide) groups is 1. The van der Waals surface area contributed by atoms with Crippen molar-refractivity contribution in [3.05, 3.63) is 74.2 Å². The fourth-order valence-electron chi connectivity index (χ4n) is 4.91. The average Bonchev–Trinajstić information content (AvgIpc) is 3.34. The number of aromatic nitrogens is 1. The zero-order valence-corrected chi connectivity index (χ0v) is 22.2. The summed E-state index contributed by atoms with van der Waals surface area (Å²) in [5.74, 6) is -3.64. The van der Waals surface area contributed by atoms with E-state index in [-0.39, 0.29) is 6.61 Å². The van der Waals surface area contributed by atoms with E-state index in [0.717, 1.165) is 35.2 Å². The van der Waals surface area contributed by atoms with Crippen molar-refractivity contribution < 1.29 is 37.0 Å². The Morgan fingerprint density at radius 3 is 2.36 bits per heavy atom. The Labute approximate surface area is 228 Å². The van der Waals surface area contributed by atoms with Crippen LogP contribution in [0.3, 0.4) is 0 Å². The van der Waals surface area contributed by atoms with E-state index in [1.54, 1.807) is 31.2 Å². The molecule has 1 fully saturated rings. The Kier molecular flexibility index (Phi) is 7.06. The van der Waals surface area contributed by atoms with Crippen LogP contribution in [0.1, 0.15) is 28.8 Å². The highest BCUT2D eigenvalue weighted by atomic mass is 32.2. The number of methoxy groups -OCH3 is 1. The third kappa shape index (κ3) is 4.63. The summed E-state index contributed by atoms with van der Waals surface area (Å²) in [6.45, 7) is 1.33. The lowest BCUT2D eigenvalue weighted by Crippen LogP contribution is -2.33. The second-order valence-electron chi connectivity index (χ2n) is 8.77. The Morgan fingerprint density at radius 2 is 1.72 bits per heavy atom. The van der Waals surface area contributed by atoms with Crippen LogP contribution in [-0.2, 0) is 31.8 Å². The van der Waals surface area contributed by atoms with Gasteiger partial charge in [0.1, 0.15) is 17.5 Å². The number of para-hydroxylation sites is 1. The van der Waals surface area contributed by atoms with Crippen molar-refractivity contribution in [2.45, 2.75) is 35.8 Å². The van der Waals surface area contributed by atoms with Gasteiger partial charge in [-0.3, -0.25) is 23.7 Å². The number of nitrogens with zero attached hydrogens (tertiary/aromatic N) is 2. The van der Waals surface area contributed by atoms with Crippen LogP contribution in [0.5, 0.6) is 5.75 Å². The molecular weight excluding hydrogens is 557 g/mol. The molecule has 0 radical (unpaired) electrons. The smallest absolute Gasteiger partial charge is 0.418 e. The first-order valence-corrected chi connectivity index (χ1v) is 13.5. The minimum atomic E-state index is -4.80. The molecule has 0 saturated carbocycles. The van der Waals surface area contributed by atoms with Crippen molar-refractivity contribution in [1.82, 2.24) is 4.57 Å². The summed E-state index contributed by atoms with van der Waals surface area (Å²) in [7, 11) is 1.48. The standard InChI is InChI=1S/C26H21F3N2O6S2/c1-3-37-17(32)12-30-24-21(39-25(30)35)18(13-8-10-14(36-2)11-9-13)19-20(38-24)23(34)31(22(19)33)16-7-5-4-6-15(16)26(27,28)29/h4-11,18-20H,3,12H2,1-2H3/t18-,19-,20+/m0/s1. The lowest BCUT2D eigenvalue weighted by molar-refractivity contribution is -0.144. The first-order valence-electron chi connectivity index (χ1n) is 11.8. The van der Waals surface area contributed by atoms with Gasteiger partial charge in [0.2, 0.25) is 11.8 Å². The number of hydrogen-bond acceptors (Lipinski definition) is 8. The SMILES string of the molecule is CCOC(=O)Cn1c2c(sc1=O)[C@@H](c1ccc(OC)cc1)[C@@H]1C(=O)N(c3ccccc3C(F)(F)F)C(=O)[C@@H]1S2. The summed E-state index contributed by atoms with van der Waals surface area (Å²) in [5, 5.41) is -0.812. The number of alkyl halides is 3. The molecule has 3 heterocycles. The summed E-state index contributed by atoms with van der Waals surface area (Å²) in [6, 6.07) is 11.1. The molecule has 3 aromatic rings. The van der Waals surface area contributed by atoms with Crippen molar-refractivity contribution in [3.8, 4) is 5.75 Å². The highest BCUT2D eigenvalue weighted by Crippen LogP contribution is 2.54. The lowest BCUT2D eigenvalue weighted by atomic mass is 9.83. The number of imide groups is 1. The fourth-order valence-corrected chi connectivity index (χ4v) is 7.68.